The standard InChI is InChI=1S/C13H22N2O/c1-4-15(5-2)12(10-14)11-8-6-7-9-13(11)16-3/h6-9,12H,4-5,10,14H2,1-3H3/t12-/m0/s1. The molecule has 0 heterocycles. The first-order valence-corrected chi connectivity index (χ1v) is 5.85. The molecule has 3 heteroatoms. The maximum Gasteiger partial charge on any atom is 0.123 e. The Morgan fingerprint density at radius 3 is 2.38 bits per heavy atom. The van der Waals surface area contributed by atoms with Crippen LogP contribution < -0.4 is 10.5 Å². The number of para-hydroxylation sites is 1. The van der Waals surface area contributed by atoms with Crippen LogP contribution in [0.2, 0.25) is 0 Å². The number of likely N-dealkylation sites (N-methyl/N-ethyl adjacent to an activating group) is 1. The van der Waals surface area contributed by atoms with Crippen LogP contribution >= 0.6 is 0 Å². The van der Waals surface area contributed by atoms with Gasteiger partial charge in [-0.05, 0) is 19.2 Å². The van der Waals surface area contributed by atoms with Crippen molar-refractivity contribution in [2.45, 2.75) is 19.9 Å². The molecule has 0 aliphatic rings. The van der Waals surface area contributed by atoms with E-state index in [9.17, 15) is 0 Å². The number of nitrogens with zero attached hydrogens (tertiary/aromatic N) is 1. The molecule has 90 valence electrons. The highest BCUT2D eigenvalue weighted by Gasteiger charge is 2.19. The Kier molecular flexibility index (Phi) is 5.29. The lowest BCUT2D eigenvalue weighted by molar-refractivity contribution is 0.219. The molecule has 0 aromatic heterocycles. The average Bonchev–Trinajstić information content (AvgIpc) is 2.35. The fraction of sp³-hybridized carbons (Fsp3) is 0.538. The zero-order valence-electron chi connectivity index (χ0n) is 10.4. The Balaban J connectivity index is 3.02. The lowest BCUT2D eigenvalue weighted by Gasteiger charge is -2.29. The van der Waals surface area contributed by atoms with Gasteiger partial charge in [-0.15, -0.1) is 0 Å². The Labute approximate surface area is 98.2 Å². The maximum absolute atomic E-state index is 5.88. The molecule has 1 aromatic carbocycles. The number of rotatable bonds is 6. The van der Waals surface area contributed by atoms with E-state index < -0.39 is 0 Å². The first-order valence-electron chi connectivity index (χ1n) is 5.85. The fourth-order valence-electron chi connectivity index (χ4n) is 2.08. The van der Waals surface area contributed by atoms with Gasteiger partial charge in [-0.25, -0.2) is 0 Å². The first-order chi connectivity index (χ1) is 7.78. The summed E-state index contributed by atoms with van der Waals surface area (Å²) in [6.45, 7) is 6.91. The summed E-state index contributed by atoms with van der Waals surface area (Å²) in [5, 5.41) is 0. The van der Waals surface area contributed by atoms with Crippen LogP contribution in [0.25, 0.3) is 0 Å². The molecule has 0 aliphatic carbocycles. The van der Waals surface area contributed by atoms with Crippen molar-refractivity contribution >= 4 is 0 Å². The second-order valence-electron chi connectivity index (χ2n) is 3.71. The van der Waals surface area contributed by atoms with E-state index >= 15 is 0 Å². The summed E-state index contributed by atoms with van der Waals surface area (Å²) in [6.07, 6.45) is 0. The Bertz CT molecular complexity index is 311. The first kappa shape index (κ1) is 13.0. The van der Waals surface area contributed by atoms with Gasteiger partial charge in [-0.1, -0.05) is 32.0 Å². The van der Waals surface area contributed by atoms with Crippen molar-refractivity contribution in [3.8, 4) is 5.75 Å². The maximum atomic E-state index is 5.88. The molecule has 0 unspecified atom stereocenters. The van der Waals surface area contributed by atoms with Gasteiger partial charge in [0.15, 0.2) is 0 Å². The second kappa shape index (κ2) is 6.51. The number of ether oxygens (including phenoxy) is 1. The molecular weight excluding hydrogens is 200 g/mol. The van der Waals surface area contributed by atoms with Gasteiger partial charge >= 0.3 is 0 Å². The van der Waals surface area contributed by atoms with E-state index in [1.165, 1.54) is 5.56 Å². The minimum Gasteiger partial charge on any atom is -0.496 e. The molecule has 0 fully saturated rings. The minimum absolute atomic E-state index is 0.242. The third-order valence-electron chi connectivity index (χ3n) is 2.97. The number of benzene rings is 1. The van der Waals surface area contributed by atoms with E-state index in [1.54, 1.807) is 7.11 Å². The number of hydrogen-bond acceptors (Lipinski definition) is 3. The number of nitrogens with two attached hydrogens (primary N) is 1. The van der Waals surface area contributed by atoms with Gasteiger partial charge < -0.3 is 10.5 Å². The van der Waals surface area contributed by atoms with E-state index in [2.05, 4.69) is 24.8 Å². The zero-order chi connectivity index (χ0) is 12.0. The molecule has 3 nitrogen and oxygen atoms in total. The summed E-state index contributed by atoms with van der Waals surface area (Å²) in [5.41, 5.74) is 7.06. The third kappa shape index (κ3) is 2.74. The minimum atomic E-state index is 0.242. The van der Waals surface area contributed by atoms with Crippen molar-refractivity contribution in [3.05, 3.63) is 29.8 Å². The van der Waals surface area contributed by atoms with Crippen LogP contribution in [0.5, 0.6) is 5.75 Å². The fourth-order valence-corrected chi connectivity index (χ4v) is 2.08. The van der Waals surface area contributed by atoms with Crippen LogP contribution in [0, 0.1) is 0 Å². The molecule has 0 saturated heterocycles. The quantitative estimate of drug-likeness (QED) is 0.800. The smallest absolute Gasteiger partial charge is 0.123 e. The normalized spacial score (nSPS) is 12.8. The molecule has 2 N–H and O–H groups in total. The topological polar surface area (TPSA) is 38.5 Å². The second-order valence-corrected chi connectivity index (χ2v) is 3.71. The van der Waals surface area contributed by atoms with Crippen molar-refractivity contribution in [2.75, 3.05) is 26.7 Å². The van der Waals surface area contributed by atoms with Crippen molar-refractivity contribution < 1.29 is 4.74 Å². The van der Waals surface area contributed by atoms with Gasteiger partial charge in [0.2, 0.25) is 0 Å². The lowest BCUT2D eigenvalue weighted by Crippen LogP contribution is -2.33. The van der Waals surface area contributed by atoms with Crippen LogP contribution in [-0.2, 0) is 0 Å². The molecule has 1 aromatic rings. The largest absolute Gasteiger partial charge is 0.496 e. The number of methoxy groups -OCH3 is 1. The van der Waals surface area contributed by atoms with Gasteiger partial charge in [-0.3, -0.25) is 4.90 Å². The van der Waals surface area contributed by atoms with Crippen LogP contribution in [0.4, 0.5) is 0 Å². The summed E-state index contributed by atoms with van der Waals surface area (Å²) in [6, 6.07) is 8.34. The molecule has 0 amide bonds. The highest BCUT2D eigenvalue weighted by Crippen LogP contribution is 2.28. The van der Waals surface area contributed by atoms with Gasteiger partial charge in [0.05, 0.1) is 13.2 Å². The van der Waals surface area contributed by atoms with E-state index in [0.717, 1.165) is 18.8 Å². The van der Waals surface area contributed by atoms with E-state index in [1.807, 2.05) is 18.2 Å². The Hall–Kier alpha value is -1.06. The molecule has 0 spiro atoms. The summed E-state index contributed by atoms with van der Waals surface area (Å²) >= 11 is 0. The molecule has 0 bridgehead atoms. The predicted octanol–water partition coefficient (Wildman–Crippen LogP) is 2.04. The van der Waals surface area contributed by atoms with Crippen molar-refractivity contribution in [3.63, 3.8) is 0 Å². The molecule has 0 aliphatic heterocycles. The van der Waals surface area contributed by atoms with E-state index in [0.29, 0.717) is 6.54 Å². The summed E-state index contributed by atoms with van der Waals surface area (Å²) in [4.78, 5) is 2.35. The van der Waals surface area contributed by atoms with Gasteiger partial charge in [-0.2, -0.15) is 0 Å². The lowest BCUT2D eigenvalue weighted by atomic mass is 10.0. The van der Waals surface area contributed by atoms with Crippen LogP contribution in [0.3, 0.4) is 0 Å². The van der Waals surface area contributed by atoms with Crippen LogP contribution in [0.15, 0.2) is 24.3 Å². The van der Waals surface area contributed by atoms with E-state index in [-0.39, 0.29) is 6.04 Å². The van der Waals surface area contributed by atoms with Gasteiger partial charge in [0, 0.05) is 12.1 Å². The van der Waals surface area contributed by atoms with Crippen LogP contribution in [0.1, 0.15) is 25.5 Å². The van der Waals surface area contributed by atoms with E-state index in [4.69, 9.17) is 10.5 Å². The Morgan fingerprint density at radius 2 is 1.88 bits per heavy atom. The average molecular weight is 222 g/mol. The highest BCUT2D eigenvalue weighted by molar-refractivity contribution is 5.36. The molecule has 0 saturated carbocycles. The molecular formula is C13H22N2O. The predicted molar refractivity (Wildman–Crippen MR) is 67.7 cm³/mol. The number of hydrogen-bond donors (Lipinski definition) is 1. The van der Waals surface area contributed by atoms with Crippen LogP contribution in [-0.4, -0.2) is 31.6 Å². The third-order valence-corrected chi connectivity index (χ3v) is 2.97. The van der Waals surface area contributed by atoms with Gasteiger partial charge in [0.25, 0.3) is 0 Å². The van der Waals surface area contributed by atoms with Crippen molar-refractivity contribution in [2.24, 2.45) is 5.73 Å². The molecule has 0 radical (unpaired) electrons. The van der Waals surface area contributed by atoms with Gasteiger partial charge in [0.1, 0.15) is 5.75 Å². The SMILES string of the molecule is CCN(CC)[C@@H](CN)c1ccccc1OC. The van der Waals surface area contributed by atoms with Crippen molar-refractivity contribution in [1.82, 2.24) is 4.90 Å². The zero-order valence-corrected chi connectivity index (χ0v) is 10.4. The highest BCUT2D eigenvalue weighted by atomic mass is 16.5. The molecule has 1 rings (SSSR count). The summed E-state index contributed by atoms with van der Waals surface area (Å²) in [5.74, 6) is 0.921. The molecule has 16 heavy (non-hydrogen) atoms. The van der Waals surface area contributed by atoms with Crippen molar-refractivity contribution in [1.29, 1.82) is 0 Å². The molecule has 1 atom stereocenters. The monoisotopic (exact) mass is 222 g/mol. The summed E-state index contributed by atoms with van der Waals surface area (Å²) < 4.78 is 5.39. The summed E-state index contributed by atoms with van der Waals surface area (Å²) in [7, 11) is 1.70. The Morgan fingerprint density at radius 1 is 1.25 bits per heavy atom.